The molecule has 14 amide bonds. The second-order valence-corrected chi connectivity index (χ2v) is 37.2. The van der Waals surface area contributed by atoms with E-state index in [4.69, 9.17) is 82.5 Å². The van der Waals surface area contributed by atoms with Gasteiger partial charge in [-0.1, -0.05) is 98.2 Å². The maximum Gasteiger partial charge on any atom is 0.300 e. The van der Waals surface area contributed by atoms with Crippen molar-refractivity contribution in [3.05, 3.63) is 72.1 Å². The number of guanidine groups is 6. The number of carboxylic acids is 1. The van der Waals surface area contributed by atoms with Crippen molar-refractivity contribution in [1.82, 2.24) is 115 Å². The van der Waals surface area contributed by atoms with Crippen LogP contribution in [0.1, 0.15) is 208 Å². The van der Waals surface area contributed by atoms with Gasteiger partial charge in [-0.2, -0.15) is 0 Å². The summed E-state index contributed by atoms with van der Waals surface area (Å²) in [5, 5.41) is 106. The highest BCUT2D eigenvalue weighted by molar-refractivity contribution is 6.02. The first-order valence-corrected chi connectivity index (χ1v) is 49.7. The summed E-state index contributed by atoms with van der Waals surface area (Å²) in [6.45, 7) is 11.6. The number of H-pyrrole nitrogens is 2. The number of carbonyl (C=O) groups is 15. The second kappa shape index (κ2) is 62.6. The maximum absolute atomic E-state index is 15.6. The van der Waals surface area contributed by atoms with Crippen molar-refractivity contribution in [2.45, 2.75) is 295 Å². The number of hydrogen-bond donors (Lipinski definition) is 34. The van der Waals surface area contributed by atoms with Crippen LogP contribution in [-0.2, 0) is 84.8 Å². The average molecular weight is 2050 g/mol. The third-order valence-corrected chi connectivity index (χ3v) is 25.3. The van der Waals surface area contributed by atoms with E-state index in [1.807, 2.05) is 0 Å². The molecule has 51 heteroatoms. The number of aromatic nitrogens is 2. The van der Waals surface area contributed by atoms with Crippen LogP contribution in [0.4, 0.5) is 0 Å². The van der Waals surface area contributed by atoms with Crippen molar-refractivity contribution in [3.63, 3.8) is 0 Å². The van der Waals surface area contributed by atoms with Crippen LogP contribution in [0, 0.1) is 50.2 Å². The van der Waals surface area contributed by atoms with E-state index in [9.17, 15) is 0 Å². The van der Waals surface area contributed by atoms with Gasteiger partial charge in [0, 0.05) is 106 Å². The van der Waals surface area contributed by atoms with Crippen molar-refractivity contribution in [3.8, 4) is 0 Å². The van der Waals surface area contributed by atoms with Crippen LogP contribution in [0.15, 0.2) is 60.9 Å². The summed E-state index contributed by atoms with van der Waals surface area (Å²) in [6, 6.07) is -6.35. The van der Waals surface area contributed by atoms with E-state index in [1.165, 1.54) is 9.80 Å². The molecule has 3 aliphatic rings. The Morgan fingerprint density at radius 2 is 0.637 bits per heavy atom. The maximum atomic E-state index is 15.6. The van der Waals surface area contributed by atoms with E-state index < -0.39 is 221 Å². The van der Waals surface area contributed by atoms with Crippen LogP contribution < -0.4 is 136 Å². The average Bonchev–Trinajstić information content (AvgIpc) is 1.64. The van der Waals surface area contributed by atoms with Crippen molar-refractivity contribution in [1.29, 1.82) is 32.5 Å². The molecule has 146 heavy (non-hydrogen) atoms. The lowest BCUT2D eigenvalue weighted by Gasteiger charge is -2.34. The number of aromatic amines is 2. The first-order valence-electron chi connectivity index (χ1n) is 49.7. The van der Waals surface area contributed by atoms with Gasteiger partial charge in [0.2, 0.25) is 82.7 Å². The molecule has 3 aliphatic heterocycles. The number of benzene rings is 2. The Kier molecular flexibility index (Phi) is 52.2. The summed E-state index contributed by atoms with van der Waals surface area (Å²) in [4.78, 5) is 234. The number of hydrogen-bond acceptors (Lipinski definition) is 22. The molecule has 810 valence electrons. The summed E-state index contributed by atoms with van der Waals surface area (Å²) in [7, 11) is 0. The number of fused-ring (bicyclic) bond motifs is 4. The standard InChI is InChI=1S/C92H151N35O14.C2H4O2.CH4/c1-7-51(5)71-83(138)118-62(30-17-39-108-89(98)99)76(131)122-67(46-53-48-112-57-25-11-9-23-55(53)57)80(135)115-59(27-13-14-36-93)73(128)114-61(29-16-38-107-88(96)97)75(130)121-66(45-50(3)4)79(134)116-60(28-15-37-106-87(94)95)74(129)120-65(33-20-42-111-92(104)105)85(140)127-44-22-35-70(127)86(141)126-43-21-34-69(126)82(137)123-68(47-54-49-113-58-26-12-10-24-56(54)58)81(136)117-63(31-18-40-109-90(100)101)77(132)124-72(52(6)8-2)84(139)119-64(78(133)125-71)32-19-41-110-91(102)103;1-2(3)4;/h9-12,23-26,48-52,59-72,112-113H,7-8,13-22,27-47,93H2,1-6H3,(H,114,128)(H,115,135)(H,116,134)(H,117,136)(H,118,138)(H,119,139)(H,120,129)(H,121,130)(H,122,131)(H,123,137)(H,124,132)(H,125,133)(H4,94,95,106)(H4,96,97,107)(H4,98,99,108)(H4,100,101,109)(H4,102,103,110)(H4,104,105,111);1H3,(H,3,4);1H4/t51-,52-,59-,60-,61-,62+,63-,64-,65-,66-,67-,68-,69-,70+,71-,72-;;/m0../s1. The van der Waals surface area contributed by atoms with Gasteiger partial charge in [-0.25, -0.2) is 0 Å². The molecule has 2 aromatic carbocycles. The van der Waals surface area contributed by atoms with Crippen LogP contribution in [0.3, 0.4) is 0 Å². The smallest absolute Gasteiger partial charge is 0.300 e. The zero-order valence-electron chi connectivity index (χ0n) is 83.9. The molecule has 0 radical (unpaired) electrons. The van der Waals surface area contributed by atoms with E-state index in [0.717, 1.165) is 6.92 Å². The first-order chi connectivity index (χ1) is 68.9. The number of aliphatic carboxylic acids is 1. The number of rotatable bonds is 38. The molecule has 0 unspecified atom stereocenters. The molecule has 3 saturated heterocycles. The lowest BCUT2D eigenvalue weighted by molar-refractivity contribution is -0.148. The molecule has 41 N–H and O–H groups in total. The molecule has 0 saturated carbocycles. The number of nitrogens with one attached hydrogen (secondary N) is 26. The Morgan fingerprint density at radius 1 is 0.370 bits per heavy atom. The van der Waals surface area contributed by atoms with Crippen molar-refractivity contribution >= 4 is 146 Å². The van der Waals surface area contributed by atoms with E-state index in [0.29, 0.717) is 39.4 Å². The molecule has 16 atom stereocenters. The molecule has 2 aromatic heterocycles. The highest BCUT2D eigenvalue weighted by Crippen LogP contribution is 2.29. The normalized spacial score (nSPS) is 22.9. The van der Waals surface area contributed by atoms with Crippen LogP contribution in [0.5, 0.6) is 0 Å². The summed E-state index contributed by atoms with van der Waals surface area (Å²) >= 11 is 0. The Hall–Kier alpha value is -14.8. The minimum absolute atomic E-state index is 0. The predicted octanol–water partition coefficient (Wildman–Crippen LogP) is -3.18. The lowest BCUT2D eigenvalue weighted by atomic mass is 9.95. The molecule has 3 fully saturated rings. The van der Waals surface area contributed by atoms with Gasteiger partial charge >= 0.3 is 0 Å². The molecule has 5 heterocycles. The van der Waals surface area contributed by atoms with Crippen molar-refractivity contribution in [2.75, 3.05) is 58.9 Å². The lowest BCUT2D eigenvalue weighted by Crippen LogP contribution is -2.62. The molecular weight excluding hydrogens is 1890 g/mol. The van der Waals surface area contributed by atoms with Crippen LogP contribution in [0.2, 0.25) is 0 Å². The van der Waals surface area contributed by atoms with E-state index in [2.05, 4.69) is 106 Å². The molecule has 0 spiro atoms. The highest BCUT2D eigenvalue weighted by Gasteiger charge is 2.46. The number of carbonyl (C=O) groups excluding carboxylic acids is 14. The zero-order valence-corrected chi connectivity index (χ0v) is 83.9. The Morgan fingerprint density at radius 3 is 0.966 bits per heavy atom. The third kappa shape index (κ3) is 40.7. The fourth-order valence-electron chi connectivity index (χ4n) is 17.3. The second-order valence-electron chi connectivity index (χ2n) is 37.2. The number of carboxylic acid groups (broad SMARTS) is 1. The SMILES string of the molecule is C.CC(=O)O.CC[C@H](C)[C@@H]1NC(=O)[C@H](CCCNC(=N)N)NC(=O)[C@H](Cc2c[nH]c3ccccc23)NC(=O)[C@@H]2CCCN2C(=O)[C@H]2CCCN2C(=O)[C@H](CCCNC(=N)N)NC(=O)[C@H](CCCNC(=N)N)NC(=O)[C@H](CC(C)C)NC(=O)[C@H](CCCNC(=N)N)NC(=O)[C@H](CCCCN)NC(=O)[C@H](Cc2c[nH]c3ccccc23)NC(=O)[C@@H](CCCNC(=N)N)NC(=O)[C@H]([C@@H](C)CC)NC(=O)[C@H](CCCNC(=N)N)NC1=O. The topological polar surface area (TPSA) is 856 Å². The summed E-state index contributed by atoms with van der Waals surface area (Å²) in [5.74, 6) is -17.2. The number of nitrogens with two attached hydrogens (primary N) is 7. The Bertz CT molecular complexity index is 5080. The number of nitrogens with zero attached hydrogens (tertiary/aromatic N) is 2. The van der Waals surface area contributed by atoms with Crippen LogP contribution >= 0.6 is 0 Å². The third-order valence-electron chi connectivity index (χ3n) is 25.3. The summed E-state index contributed by atoms with van der Waals surface area (Å²) in [6.07, 6.45) is 3.74. The minimum atomic E-state index is -1.59. The van der Waals surface area contributed by atoms with E-state index in [1.54, 1.807) is 102 Å². The van der Waals surface area contributed by atoms with Crippen LogP contribution in [0.25, 0.3) is 21.8 Å². The van der Waals surface area contributed by atoms with Gasteiger partial charge in [0.05, 0.1) is 0 Å². The fraction of sp³-hybridized carbons (Fsp3) is 0.611. The molecular formula is C95H159N35O16. The molecule has 51 nitrogen and oxygen atoms in total. The Balaban J connectivity index is 0.00000736. The minimum Gasteiger partial charge on any atom is -0.481 e. The van der Waals surface area contributed by atoms with Gasteiger partial charge in [0.1, 0.15) is 84.6 Å². The molecule has 0 bridgehead atoms. The Labute approximate surface area is 850 Å². The fourth-order valence-corrected chi connectivity index (χ4v) is 17.3. The summed E-state index contributed by atoms with van der Waals surface area (Å²) in [5.41, 5.74) is 42.6. The molecule has 0 aliphatic carbocycles. The van der Waals surface area contributed by atoms with Gasteiger partial charge in [-0.15, -0.1) is 0 Å². The van der Waals surface area contributed by atoms with Gasteiger partial charge in [0.15, 0.2) is 35.8 Å². The largest absolute Gasteiger partial charge is 0.481 e. The van der Waals surface area contributed by atoms with Gasteiger partial charge in [-0.05, 0) is 176 Å². The van der Waals surface area contributed by atoms with E-state index >= 15 is 67.1 Å². The van der Waals surface area contributed by atoms with Gasteiger partial charge in [0.25, 0.3) is 5.97 Å². The molecule has 4 aromatic rings. The highest BCUT2D eigenvalue weighted by atomic mass is 16.4. The predicted molar refractivity (Wildman–Crippen MR) is 553 cm³/mol. The molecule has 7 rings (SSSR count). The monoisotopic (exact) mass is 2050 g/mol. The van der Waals surface area contributed by atoms with Crippen LogP contribution in [-0.4, -0.2) is 293 Å². The number of para-hydroxylation sites is 2. The summed E-state index contributed by atoms with van der Waals surface area (Å²) < 4.78 is 0. The number of unbranched alkanes of at least 4 members (excludes halogenated alkanes) is 1. The van der Waals surface area contributed by atoms with E-state index in [-0.39, 0.29) is 220 Å². The zero-order chi connectivity index (χ0) is 107. The van der Waals surface area contributed by atoms with Gasteiger partial charge < -0.3 is 161 Å². The number of amides is 14. The first kappa shape index (κ1) is 122. The quantitative estimate of drug-likeness (QED) is 0.0120. The van der Waals surface area contributed by atoms with Crippen molar-refractivity contribution < 1.29 is 77.0 Å². The van der Waals surface area contributed by atoms with Gasteiger partial charge in [-0.3, -0.25) is 104 Å². The van der Waals surface area contributed by atoms with Crippen molar-refractivity contribution in [2.24, 2.45) is 57.9 Å².